The molecule has 2 aromatic rings. The highest BCUT2D eigenvalue weighted by Crippen LogP contribution is 2.34. The van der Waals surface area contributed by atoms with Crippen molar-refractivity contribution in [1.82, 2.24) is 5.43 Å². The van der Waals surface area contributed by atoms with E-state index in [1.807, 2.05) is 0 Å². The van der Waals surface area contributed by atoms with Crippen LogP contribution < -0.4 is 11.3 Å². The van der Waals surface area contributed by atoms with Crippen LogP contribution in [0.15, 0.2) is 34.8 Å². The van der Waals surface area contributed by atoms with Gasteiger partial charge in [0.2, 0.25) is 0 Å². The van der Waals surface area contributed by atoms with Crippen molar-refractivity contribution in [3.05, 3.63) is 66.8 Å². The molecule has 0 fully saturated rings. The fourth-order valence-electron chi connectivity index (χ4n) is 2.00. The largest absolute Gasteiger partial charge is 0.271 e. The second-order valence-corrected chi connectivity index (χ2v) is 6.43. The lowest BCUT2D eigenvalue weighted by Crippen LogP contribution is -2.30. The molecule has 2 rings (SSSR count). The minimum Gasteiger partial charge on any atom is -0.271 e. The molecule has 3 N–H and O–H groups in total. The zero-order valence-electron chi connectivity index (χ0n) is 10.6. The first-order valence-corrected chi connectivity index (χ1v) is 7.90. The second-order valence-electron chi connectivity index (χ2n) is 4.39. The fourth-order valence-corrected chi connectivity index (χ4v) is 3.03. The van der Waals surface area contributed by atoms with Gasteiger partial charge in [-0.3, -0.25) is 11.3 Å². The number of rotatable bonds is 4. The van der Waals surface area contributed by atoms with Gasteiger partial charge in [-0.2, -0.15) is 0 Å². The van der Waals surface area contributed by atoms with E-state index in [1.54, 1.807) is 30.3 Å². The Morgan fingerprint density at radius 1 is 1.14 bits per heavy atom. The normalized spacial score (nSPS) is 12.5. The van der Waals surface area contributed by atoms with Gasteiger partial charge in [-0.05, 0) is 46.1 Å². The van der Waals surface area contributed by atoms with Crippen LogP contribution in [0, 0.1) is 5.82 Å². The molecule has 7 heteroatoms. The molecule has 0 amide bonds. The highest BCUT2D eigenvalue weighted by atomic mass is 79.9. The number of hydrazine groups is 1. The third kappa shape index (κ3) is 3.70. The number of benzene rings is 2. The number of halogens is 5. The summed E-state index contributed by atoms with van der Waals surface area (Å²) in [5.41, 5.74) is 3.62. The van der Waals surface area contributed by atoms with Crippen LogP contribution in [-0.4, -0.2) is 0 Å². The lowest BCUT2D eigenvalue weighted by Gasteiger charge is -2.19. The molecule has 0 radical (unpaired) electrons. The van der Waals surface area contributed by atoms with E-state index in [4.69, 9.17) is 40.6 Å². The van der Waals surface area contributed by atoms with E-state index in [1.165, 1.54) is 0 Å². The van der Waals surface area contributed by atoms with Crippen LogP contribution in [0.25, 0.3) is 0 Å². The van der Waals surface area contributed by atoms with Crippen molar-refractivity contribution in [2.45, 2.75) is 12.5 Å². The van der Waals surface area contributed by atoms with Crippen molar-refractivity contribution in [1.29, 1.82) is 0 Å². The first kappa shape index (κ1) is 17.0. The molecule has 0 spiro atoms. The third-order valence-electron chi connectivity index (χ3n) is 3.11. The van der Waals surface area contributed by atoms with Crippen LogP contribution in [0.2, 0.25) is 15.1 Å². The number of nitrogens with one attached hydrogen (secondary N) is 1. The quantitative estimate of drug-likeness (QED) is 0.407. The van der Waals surface area contributed by atoms with Gasteiger partial charge in [0.15, 0.2) is 0 Å². The van der Waals surface area contributed by atoms with Gasteiger partial charge in [-0.1, -0.05) is 46.9 Å². The van der Waals surface area contributed by atoms with Crippen molar-refractivity contribution in [3.8, 4) is 0 Å². The molecule has 2 nitrogen and oxygen atoms in total. The predicted octanol–water partition coefficient (Wildman–Crippen LogP) is 5.30. The Labute approximate surface area is 145 Å². The van der Waals surface area contributed by atoms with Gasteiger partial charge in [0.1, 0.15) is 5.82 Å². The van der Waals surface area contributed by atoms with Gasteiger partial charge in [-0.25, -0.2) is 4.39 Å². The van der Waals surface area contributed by atoms with Crippen LogP contribution in [0.3, 0.4) is 0 Å². The Bertz CT molecular complexity index is 647. The van der Waals surface area contributed by atoms with Crippen molar-refractivity contribution in [2.75, 3.05) is 0 Å². The molecular formula is C14H11BrCl3FN2. The van der Waals surface area contributed by atoms with Crippen LogP contribution in [0.4, 0.5) is 4.39 Å². The number of nitrogens with two attached hydrogens (primary N) is 1. The molecule has 21 heavy (non-hydrogen) atoms. The summed E-state index contributed by atoms with van der Waals surface area (Å²) >= 11 is 21.4. The highest BCUT2D eigenvalue weighted by Gasteiger charge is 2.20. The molecule has 0 aliphatic rings. The molecule has 0 aliphatic heterocycles. The Kier molecular flexibility index (Phi) is 5.88. The van der Waals surface area contributed by atoms with Crippen molar-refractivity contribution in [3.63, 3.8) is 0 Å². The SMILES string of the molecule is NNC(Cc1c(Cl)cccc1Cl)c1ccc(Br)c(Cl)c1F. The lowest BCUT2D eigenvalue weighted by atomic mass is 9.99. The summed E-state index contributed by atoms with van der Waals surface area (Å²) in [6.07, 6.45) is 0.337. The molecule has 1 atom stereocenters. The monoisotopic (exact) mass is 410 g/mol. The van der Waals surface area contributed by atoms with Crippen LogP contribution in [-0.2, 0) is 6.42 Å². The van der Waals surface area contributed by atoms with E-state index in [9.17, 15) is 4.39 Å². The van der Waals surface area contributed by atoms with Crippen LogP contribution in [0.1, 0.15) is 17.2 Å². The van der Waals surface area contributed by atoms with Crippen molar-refractivity contribution >= 4 is 50.7 Å². The highest BCUT2D eigenvalue weighted by molar-refractivity contribution is 9.10. The maximum atomic E-state index is 14.3. The molecular weight excluding hydrogens is 401 g/mol. The van der Waals surface area contributed by atoms with E-state index >= 15 is 0 Å². The standard InChI is InChI=1S/C14H11BrCl3FN2/c15-9-5-4-7(14(19)13(9)18)12(21-20)6-8-10(16)2-1-3-11(8)17/h1-5,12,21H,6,20H2. The van der Waals surface area contributed by atoms with Gasteiger partial charge < -0.3 is 0 Å². The summed E-state index contributed by atoms with van der Waals surface area (Å²) < 4.78 is 14.8. The maximum absolute atomic E-state index is 14.3. The average Bonchev–Trinajstić information content (AvgIpc) is 2.46. The van der Waals surface area contributed by atoms with E-state index in [0.29, 0.717) is 32.1 Å². The van der Waals surface area contributed by atoms with Gasteiger partial charge >= 0.3 is 0 Å². The summed E-state index contributed by atoms with van der Waals surface area (Å²) in [5.74, 6) is 5.02. The minimum absolute atomic E-state index is 0.0120. The smallest absolute Gasteiger partial charge is 0.147 e. The molecule has 0 aromatic heterocycles. The third-order valence-corrected chi connectivity index (χ3v) is 5.08. The van der Waals surface area contributed by atoms with Gasteiger partial charge in [0, 0.05) is 20.1 Å². The molecule has 0 heterocycles. The maximum Gasteiger partial charge on any atom is 0.147 e. The van der Waals surface area contributed by atoms with Crippen molar-refractivity contribution < 1.29 is 4.39 Å². The molecule has 0 aliphatic carbocycles. The Morgan fingerprint density at radius 2 is 1.76 bits per heavy atom. The molecule has 2 aromatic carbocycles. The van der Waals surface area contributed by atoms with Gasteiger partial charge in [0.05, 0.1) is 11.1 Å². The Hall–Kier alpha value is -0.360. The molecule has 1 unspecified atom stereocenters. The summed E-state index contributed by atoms with van der Waals surface area (Å²) in [6, 6.07) is 7.96. The van der Waals surface area contributed by atoms with E-state index in [2.05, 4.69) is 21.4 Å². The van der Waals surface area contributed by atoms with E-state index in [-0.39, 0.29) is 5.02 Å². The van der Waals surface area contributed by atoms with Crippen LogP contribution >= 0.6 is 50.7 Å². The van der Waals surface area contributed by atoms with Crippen LogP contribution in [0.5, 0.6) is 0 Å². The molecule has 0 saturated heterocycles. The zero-order valence-corrected chi connectivity index (χ0v) is 14.5. The Morgan fingerprint density at radius 3 is 2.33 bits per heavy atom. The first-order chi connectivity index (χ1) is 9.95. The summed E-state index contributed by atoms with van der Waals surface area (Å²) in [4.78, 5) is 0. The number of hydrogen-bond donors (Lipinski definition) is 2. The molecule has 112 valence electrons. The minimum atomic E-state index is -0.530. The first-order valence-electron chi connectivity index (χ1n) is 5.98. The predicted molar refractivity (Wildman–Crippen MR) is 89.3 cm³/mol. The van der Waals surface area contributed by atoms with E-state index in [0.717, 1.165) is 0 Å². The summed E-state index contributed by atoms with van der Waals surface area (Å²) in [7, 11) is 0. The second kappa shape index (κ2) is 7.27. The summed E-state index contributed by atoms with van der Waals surface area (Å²) in [5, 5.41) is 1.02. The Balaban J connectivity index is 2.40. The number of hydrogen-bond acceptors (Lipinski definition) is 2. The molecule has 0 saturated carbocycles. The van der Waals surface area contributed by atoms with Gasteiger partial charge in [-0.15, -0.1) is 0 Å². The topological polar surface area (TPSA) is 38.0 Å². The van der Waals surface area contributed by atoms with E-state index < -0.39 is 11.9 Å². The average molecular weight is 413 g/mol. The molecule has 0 bridgehead atoms. The van der Waals surface area contributed by atoms with Crippen molar-refractivity contribution in [2.24, 2.45) is 5.84 Å². The zero-order chi connectivity index (χ0) is 15.6. The fraction of sp³-hybridized carbons (Fsp3) is 0.143. The lowest BCUT2D eigenvalue weighted by molar-refractivity contribution is 0.510. The summed E-state index contributed by atoms with van der Waals surface area (Å²) in [6.45, 7) is 0. The van der Waals surface area contributed by atoms with Gasteiger partial charge in [0.25, 0.3) is 0 Å².